The highest BCUT2D eigenvalue weighted by Gasteiger charge is 2.25. The van der Waals surface area contributed by atoms with Gasteiger partial charge in [-0.1, -0.05) is 30.3 Å². The first-order chi connectivity index (χ1) is 7.75. The van der Waals surface area contributed by atoms with Crippen molar-refractivity contribution in [3.63, 3.8) is 0 Å². The third-order valence-electron chi connectivity index (χ3n) is 1.64. The van der Waals surface area contributed by atoms with Crippen molar-refractivity contribution in [2.45, 2.75) is 5.37 Å². The summed E-state index contributed by atoms with van der Waals surface area (Å²) in [5, 5.41) is -0.0776. The maximum absolute atomic E-state index is 10.7. The van der Waals surface area contributed by atoms with E-state index in [2.05, 4.69) is 0 Å². The molecule has 0 spiro atoms. The molecule has 0 amide bonds. The molecule has 0 N–H and O–H groups in total. The molecule has 1 unspecified atom stereocenters. The lowest BCUT2D eigenvalue weighted by atomic mass is 10.2. The van der Waals surface area contributed by atoms with Gasteiger partial charge in [-0.2, -0.15) is 0 Å². The normalized spacial score (nSPS) is 12.6. The quantitative estimate of drug-likeness (QED) is 0.364. The zero-order valence-corrected chi connectivity index (χ0v) is 10.1. The largest absolute Gasteiger partial charge is 0.673 e. The van der Waals surface area contributed by atoms with Crippen molar-refractivity contribution < 1.29 is 21.5 Å². The molecule has 0 fully saturated rings. The summed E-state index contributed by atoms with van der Waals surface area (Å²) in [6.07, 6.45) is 0. The van der Waals surface area contributed by atoms with Gasteiger partial charge in [-0.25, -0.2) is 4.90 Å². The minimum absolute atomic E-state index is 0.0776. The number of hydrogen-bond acceptors (Lipinski definition) is 2. The summed E-state index contributed by atoms with van der Waals surface area (Å²) in [5.41, 5.74) is 1.06. The van der Waals surface area contributed by atoms with Gasteiger partial charge < -0.3 is 17.3 Å². The van der Waals surface area contributed by atoms with Crippen LogP contribution in [0.4, 0.5) is 17.3 Å². The Morgan fingerprint density at radius 1 is 1.12 bits per heavy atom. The van der Waals surface area contributed by atoms with Gasteiger partial charge in [-0.05, 0) is 14.1 Å². The molecule has 1 atom stereocenters. The Balaban J connectivity index is 0.000000437. The van der Waals surface area contributed by atoms with Crippen LogP contribution < -0.4 is 0 Å². The van der Waals surface area contributed by atoms with E-state index in [9.17, 15) is 21.5 Å². The summed E-state index contributed by atoms with van der Waals surface area (Å²) >= 11 is 0.607. The SMILES string of the molecule is CN(C)C([S+]=O)c1ccccc1.F[B-](F)(F)F. The van der Waals surface area contributed by atoms with Gasteiger partial charge in [0.1, 0.15) is 0 Å². The predicted molar refractivity (Wildman–Crippen MR) is 61.1 cm³/mol. The standard InChI is InChI=1S/C9H12NOS.BF4/c1-10(2)9(12-11)8-6-4-3-5-7-8;2-1(3,4)5/h3-7,9H,1-2H3;/q+1;-1. The summed E-state index contributed by atoms with van der Waals surface area (Å²) in [7, 11) is -2.19. The van der Waals surface area contributed by atoms with Crippen LogP contribution in [0.25, 0.3) is 0 Å². The molecule has 0 saturated carbocycles. The van der Waals surface area contributed by atoms with E-state index in [4.69, 9.17) is 0 Å². The molecule has 0 aliphatic heterocycles. The summed E-state index contributed by atoms with van der Waals surface area (Å²) in [6, 6.07) is 9.78. The van der Waals surface area contributed by atoms with Gasteiger partial charge in [0, 0.05) is 9.77 Å². The average molecular weight is 269 g/mol. The van der Waals surface area contributed by atoms with E-state index < -0.39 is 7.25 Å². The van der Waals surface area contributed by atoms with Crippen molar-refractivity contribution in [2.24, 2.45) is 0 Å². The lowest BCUT2D eigenvalue weighted by molar-refractivity contribution is 0.368. The van der Waals surface area contributed by atoms with Gasteiger partial charge in [-0.15, -0.1) is 0 Å². The Bertz CT molecular complexity index is 328. The van der Waals surface area contributed by atoms with E-state index in [0.717, 1.165) is 5.56 Å². The first-order valence-corrected chi connectivity index (χ1v) is 5.43. The molecule has 0 aromatic heterocycles. The molecule has 1 rings (SSSR count). The number of benzene rings is 1. The van der Waals surface area contributed by atoms with Gasteiger partial charge in [0.15, 0.2) is 0 Å². The van der Waals surface area contributed by atoms with Crippen molar-refractivity contribution in [3.8, 4) is 0 Å². The Hall–Kier alpha value is -1.02. The summed E-state index contributed by atoms with van der Waals surface area (Å²) in [5.74, 6) is 0. The topological polar surface area (TPSA) is 20.3 Å². The summed E-state index contributed by atoms with van der Waals surface area (Å²) in [6.45, 7) is 0. The molecule has 0 bridgehead atoms. The smallest absolute Gasteiger partial charge is 0.418 e. The maximum Gasteiger partial charge on any atom is 0.673 e. The molecular formula is C9H12BF4NOS. The van der Waals surface area contributed by atoms with Crippen LogP contribution in [-0.2, 0) is 15.9 Å². The van der Waals surface area contributed by atoms with Crippen molar-refractivity contribution in [1.29, 1.82) is 0 Å². The van der Waals surface area contributed by atoms with Crippen LogP contribution in [-0.4, -0.2) is 26.2 Å². The number of rotatable bonds is 3. The van der Waals surface area contributed by atoms with Gasteiger partial charge in [0.2, 0.25) is 0 Å². The van der Waals surface area contributed by atoms with Crippen LogP contribution in [0.2, 0.25) is 0 Å². The van der Waals surface area contributed by atoms with E-state index in [1.54, 1.807) is 0 Å². The lowest BCUT2D eigenvalue weighted by Crippen LogP contribution is -2.18. The van der Waals surface area contributed by atoms with E-state index in [0.29, 0.717) is 11.7 Å². The van der Waals surface area contributed by atoms with Gasteiger partial charge in [0.05, 0.1) is 0 Å². The molecule has 1 aromatic rings. The molecule has 0 aliphatic rings. The molecule has 8 heteroatoms. The summed E-state index contributed by atoms with van der Waals surface area (Å²) < 4.78 is 49.7. The fourth-order valence-corrected chi connectivity index (χ4v) is 1.50. The van der Waals surface area contributed by atoms with Crippen LogP contribution in [0, 0.1) is 0 Å². The van der Waals surface area contributed by atoms with Crippen LogP contribution in [0.5, 0.6) is 0 Å². The fourth-order valence-electron chi connectivity index (χ4n) is 1.06. The lowest BCUT2D eigenvalue weighted by Gasteiger charge is -2.08. The highest BCUT2D eigenvalue weighted by molar-refractivity contribution is 7.65. The first kappa shape index (κ1) is 16.0. The third kappa shape index (κ3) is 8.76. The highest BCUT2D eigenvalue weighted by atomic mass is 32.1. The zero-order chi connectivity index (χ0) is 13.5. The molecule has 0 aliphatic carbocycles. The maximum atomic E-state index is 10.7. The zero-order valence-electron chi connectivity index (χ0n) is 9.32. The predicted octanol–water partition coefficient (Wildman–Crippen LogP) is 2.97. The second kappa shape index (κ2) is 7.34. The second-order valence-corrected chi connectivity index (χ2v) is 3.96. The van der Waals surface area contributed by atoms with Crippen LogP contribution in [0.1, 0.15) is 10.9 Å². The molecule has 96 valence electrons. The molecular weight excluding hydrogens is 257 g/mol. The van der Waals surface area contributed by atoms with Crippen LogP contribution in [0.15, 0.2) is 30.3 Å². The van der Waals surface area contributed by atoms with E-state index >= 15 is 0 Å². The van der Waals surface area contributed by atoms with Crippen LogP contribution in [0.3, 0.4) is 0 Å². The van der Waals surface area contributed by atoms with Crippen molar-refractivity contribution in [2.75, 3.05) is 14.1 Å². The molecule has 0 radical (unpaired) electrons. The molecule has 0 saturated heterocycles. The number of nitrogens with zero attached hydrogens (tertiary/aromatic N) is 1. The Labute approximate surface area is 101 Å². The third-order valence-corrected chi connectivity index (χ3v) is 2.52. The highest BCUT2D eigenvalue weighted by Crippen LogP contribution is 2.16. The van der Waals surface area contributed by atoms with Crippen molar-refractivity contribution in [3.05, 3.63) is 35.9 Å². The molecule has 2 nitrogen and oxygen atoms in total. The Morgan fingerprint density at radius 2 is 1.53 bits per heavy atom. The van der Waals surface area contributed by atoms with E-state index in [1.165, 1.54) is 0 Å². The monoisotopic (exact) mass is 269 g/mol. The number of hydrogen-bond donors (Lipinski definition) is 0. The van der Waals surface area contributed by atoms with Gasteiger partial charge in [-0.3, -0.25) is 0 Å². The van der Waals surface area contributed by atoms with Gasteiger partial charge >= 0.3 is 24.3 Å². The first-order valence-electron chi connectivity index (χ1n) is 4.63. The minimum Gasteiger partial charge on any atom is -0.418 e. The Morgan fingerprint density at radius 3 is 1.82 bits per heavy atom. The van der Waals surface area contributed by atoms with Crippen molar-refractivity contribution in [1.82, 2.24) is 4.90 Å². The average Bonchev–Trinajstić information content (AvgIpc) is 2.17. The number of halogens is 4. The van der Waals surface area contributed by atoms with E-state index in [-0.39, 0.29) is 5.37 Å². The van der Waals surface area contributed by atoms with Crippen LogP contribution >= 0.6 is 0 Å². The second-order valence-electron chi connectivity index (χ2n) is 3.32. The molecule has 17 heavy (non-hydrogen) atoms. The molecule has 0 heterocycles. The summed E-state index contributed by atoms with van der Waals surface area (Å²) in [4.78, 5) is 1.91. The molecule has 1 aromatic carbocycles. The minimum atomic E-state index is -6.00. The fraction of sp³-hybridized carbons (Fsp3) is 0.333. The van der Waals surface area contributed by atoms with Gasteiger partial charge in [0.25, 0.3) is 0 Å². The Kier molecular flexibility index (Phi) is 6.90. The van der Waals surface area contributed by atoms with E-state index in [1.807, 2.05) is 49.3 Å². The van der Waals surface area contributed by atoms with Crippen molar-refractivity contribution >= 4 is 18.9 Å².